The molecule has 0 bridgehead atoms. The second-order valence-corrected chi connectivity index (χ2v) is 6.07. The van der Waals surface area contributed by atoms with E-state index >= 15 is 0 Å². The molecule has 0 unspecified atom stereocenters. The van der Waals surface area contributed by atoms with E-state index in [0.29, 0.717) is 0 Å². The third kappa shape index (κ3) is 7.80. The van der Waals surface area contributed by atoms with E-state index in [2.05, 4.69) is 51.2 Å². The Morgan fingerprint density at radius 1 is 1.05 bits per heavy atom. The fourth-order valence-corrected chi connectivity index (χ4v) is 2.49. The van der Waals surface area contributed by atoms with Crippen molar-refractivity contribution in [2.24, 2.45) is 0 Å². The highest BCUT2D eigenvalue weighted by Crippen LogP contribution is 2.21. The average Bonchev–Trinajstić information content (AvgIpc) is 2.51. The summed E-state index contributed by atoms with van der Waals surface area (Å²) >= 11 is 5.29. The second kappa shape index (κ2) is 9.97. The first-order valence-corrected chi connectivity index (χ1v) is 8.01. The maximum atomic E-state index is 9.10. The van der Waals surface area contributed by atoms with Gasteiger partial charge < -0.3 is 10.2 Å². The predicted octanol–water partition coefficient (Wildman–Crippen LogP) is 3.33. The molecule has 0 spiro atoms. The lowest BCUT2D eigenvalue weighted by molar-refractivity contribution is -0.159. The molecule has 0 radical (unpaired) electrons. The second-order valence-electron chi connectivity index (χ2n) is 3.98. The van der Waals surface area contributed by atoms with Gasteiger partial charge in [0, 0.05) is 27.0 Å². The molecule has 0 aliphatic carbocycles. The van der Waals surface area contributed by atoms with E-state index in [1.165, 1.54) is 4.90 Å². The van der Waals surface area contributed by atoms with Gasteiger partial charge >= 0.3 is 11.9 Å². The summed E-state index contributed by atoms with van der Waals surface area (Å²) in [6, 6.07) is 14.5. The summed E-state index contributed by atoms with van der Waals surface area (Å²) < 4.78 is 1.13. The monoisotopic (exact) mass is 383 g/mol. The highest BCUT2D eigenvalue weighted by atomic mass is 79.9. The van der Waals surface area contributed by atoms with Gasteiger partial charge in [0.1, 0.15) is 0 Å². The molecule has 116 valence electrons. The minimum absolute atomic E-state index is 1.02. The van der Waals surface area contributed by atoms with Crippen molar-refractivity contribution in [2.45, 2.75) is 11.3 Å². The van der Waals surface area contributed by atoms with Crippen molar-refractivity contribution in [1.82, 2.24) is 4.98 Å². The lowest BCUT2D eigenvalue weighted by Crippen LogP contribution is -2.09. The summed E-state index contributed by atoms with van der Waals surface area (Å²) in [5.41, 5.74) is 1.16. The lowest BCUT2D eigenvalue weighted by atomic mass is 10.3. The number of hydrogen-bond donors (Lipinski definition) is 2. The number of rotatable bonds is 4. The largest absolute Gasteiger partial charge is 0.473 e. The van der Waals surface area contributed by atoms with Gasteiger partial charge in [-0.15, -0.1) is 11.8 Å². The normalized spacial score (nSPS) is 9.50. The van der Waals surface area contributed by atoms with Gasteiger partial charge in [-0.2, -0.15) is 0 Å². The van der Waals surface area contributed by atoms with Crippen molar-refractivity contribution in [3.63, 3.8) is 0 Å². The van der Waals surface area contributed by atoms with Crippen LogP contribution in [0, 0.1) is 0 Å². The Labute approximate surface area is 140 Å². The minimum atomic E-state index is -1.82. The first kappa shape index (κ1) is 18.2. The van der Waals surface area contributed by atoms with Crippen molar-refractivity contribution < 1.29 is 19.8 Å². The average molecular weight is 384 g/mol. The number of carboxylic acids is 2. The van der Waals surface area contributed by atoms with Crippen LogP contribution in [0.1, 0.15) is 5.69 Å². The van der Waals surface area contributed by atoms with Crippen LogP contribution in [-0.2, 0) is 16.0 Å². The molecule has 1 heterocycles. The number of aromatic nitrogens is 1. The van der Waals surface area contributed by atoms with Crippen molar-refractivity contribution in [3.8, 4) is 0 Å². The zero-order valence-corrected chi connectivity index (χ0v) is 13.9. The Hall–Kier alpha value is -1.86. The standard InChI is InChI=1S/C13H12BrNS.C2H2O4/c14-11-4-6-13(7-5-11)16-10-8-12-3-1-2-9-15-12;3-1(4)2(5)6/h1-7,9H,8,10H2;(H,3,4)(H,5,6). The Bertz CT molecular complexity index is 593. The molecule has 1 aromatic carbocycles. The fraction of sp³-hybridized carbons (Fsp3) is 0.133. The predicted molar refractivity (Wildman–Crippen MR) is 88.1 cm³/mol. The Kier molecular flexibility index (Phi) is 8.24. The zero-order chi connectivity index (χ0) is 16.4. The zero-order valence-electron chi connectivity index (χ0n) is 11.5. The van der Waals surface area contributed by atoms with Crippen molar-refractivity contribution in [1.29, 1.82) is 0 Å². The van der Waals surface area contributed by atoms with Crippen LogP contribution >= 0.6 is 27.7 Å². The highest BCUT2D eigenvalue weighted by Gasteiger charge is 2.04. The number of carboxylic acid groups (broad SMARTS) is 2. The third-order valence-electron chi connectivity index (χ3n) is 2.35. The van der Waals surface area contributed by atoms with Crippen molar-refractivity contribution >= 4 is 39.6 Å². The molecular formula is C15H14BrNO4S. The summed E-state index contributed by atoms with van der Waals surface area (Å²) in [7, 11) is 0. The summed E-state index contributed by atoms with van der Waals surface area (Å²) in [6.45, 7) is 0. The van der Waals surface area contributed by atoms with Gasteiger partial charge in [-0.05, 0) is 42.8 Å². The van der Waals surface area contributed by atoms with Crippen LogP contribution in [0.4, 0.5) is 0 Å². The van der Waals surface area contributed by atoms with E-state index in [0.717, 1.165) is 22.3 Å². The molecule has 0 atom stereocenters. The summed E-state index contributed by atoms with van der Waals surface area (Å²) in [6.07, 6.45) is 2.86. The molecule has 7 heteroatoms. The fourth-order valence-electron chi connectivity index (χ4n) is 1.35. The quantitative estimate of drug-likeness (QED) is 0.621. The molecule has 0 fully saturated rings. The number of hydrogen-bond acceptors (Lipinski definition) is 4. The molecule has 1 aromatic heterocycles. The summed E-state index contributed by atoms with van der Waals surface area (Å²) in [5, 5.41) is 14.8. The Balaban J connectivity index is 0.000000346. The SMILES string of the molecule is Brc1ccc(SCCc2ccccn2)cc1.O=C(O)C(=O)O. The van der Waals surface area contributed by atoms with Gasteiger partial charge in [0.15, 0.2) is 0 Å². The van der Waals surface area contributed by atoms with Gasteiger partial charge in [-0.25, -0.2) is 9.59 Å². The number of pyridine rings is 1. The molecule has 2 rings (SSSR count). The molecule has 2 aromatic rings. The number of benzene rings is 1. The smallest absolute Gasteiger partial charge is 0.414 e. The van der Waals surface area contributed by atoms with Gasteiger partial charge in [-0.1, -0.05) is 22.0 Å². The van der Waals surface area contributed by atoms with Crippen LogP contribution in [0.15, 0.2) is 58.0 Å². The number of nitrogens with zero attached hydrogens (tertiary/aromatic N) is 1. The molecule has 2 N–H and O–H groups in total. The first-order chi connectivity index (χ1) is 10.5. The topological polar surface area (TPSA) is 87.5 Å². The number of aryl methyl sites for hydroxylation is 1. The van der Waals surface area contributed by atoms with E-state index in [1.54, 1.807) is 0 Å². The molecule has 0 saturated carbocycles. The van der Waals surface area contributed by atoms with Crippen LogP contribution in [0.2, 0.25) is 0 Å². The lowest BCUT2D eigenvalue weighted by Gasteiger charge is -2.01. The summed E-state index contributed by atoms with van der Waals surface area (Å²) in [5.74, 6) is -2.58. The molecule has 0 saturated heterocycles. The highest BCUT2D eigenvalue weighted by molar-refractivity contribution is 9.10. The van der Waals surface area contributed by atoms with Crippen LogP contribution in [0.3, 0.4) is 0 Å². The molecule has 5 nitrogen and oxygen atoms in total. The molecule has 0 aliphatic rings. The maximum absolute atomic E-state index is 9.10. The van der Waals surface area contributed by atoms with Gasteiger partial charge in [0.25, 0.3) is 0 Å². The number of halogens is 1. The van der Waals surface area contributed by atoms with E-state index in [1.807, 2.05) is 30.1 Å². The molecule has 0 aliphatic heterocycles. The Morgan fingerprint density at radius 2 is 1.68 bits per heavy atom. The first-order valence-electron chi connectivity index (χ1n) is 6.23. The van der Waals surface area contributed by atoms with Gasteiger partial charge in [-0.3, -0.25) is 4.98 Å². The molecular weight excluding hydrogens is 370 g/mol. The van der Waals surface area contributed by atoms with Crippen LogP contribution in [-0.4, -0.2) is 32.9 Å². The minimum Gasteiger partial charge on any atom is -0.473 e. The summed E-state index contributed by atoms with van der Waals surface area (Å²) in [4.78, 5) is 23.8. The van der Waals surface area contributed by atoms with Gasteiger partial charge in [0.05, 0.1) is 0 Å². The van der Waals surface area contributed by atoms with Gasteiger partial charge in [0.2, 0.25) is 0 Å². The van der Waals surface area contributed by atoms with Crippen LogP contribution in [0.25, 0.3) is 0 Å². The van der Waals surface area contributed by atoms with E-state index < -0.39 is 11.9 Å². The third-order valence-corrected chi connectivity index (χ3v) is 3.89. The molecule has 0 amide bonds. The van der Waals surface area contributed by atoms with Crippen molar-refractivity contribution in [2.75, 3.05) is 5.75 Å². The van der Waals surface area contributed by atoms with E-state index in [-0.39, 0.29) is 0 Å². The van der Waals surface area contributed by atoms with E-state index in [4.69, 9.17) is 19.8 Å². The number of aliphatic carboxylic acids is 2. The number of thioether (sulfide) groups is 1. The maximum Gasteiger partial charge on any atom is 0.414 e. The number of carbonyl (C=O) groups is 2. The van der Waals surface area contributed by atoms with Crippen LogP contribution in [0.5, 0.6) is 0 Å². The van der Waals surface area contributed by atoms with Crippen molar-refractivity contribution in [3.05, 3.63) is 58.8 Å². The molecule has 22 heavy (non-hydrogen) atoms. The Morgan fingerprint density at radius 3 is 2.18 bits per heavy atom. The van der Waals surface area contributed by atoms with Crippen LogP contribution < -0.4 is 0 Å². The van der Waals surface area contributed by atoms with E-state index in [9.17, 15) is 0 Å².